The van der Waals surface area contributed by atoms with E-state index in [2.05, 4.69) is 76.0 Å². The third-order valence-corrected chi connectivity index (χ3v) is 7.59. The quantitative estimate of drug-likeness (QED) is 0.296. The molecule has 0 bridgehead atoms. The smallest absolute Gasteiger partial charge is 0.335 e. The molecule has 0 atom stereocenters. The number of hydrogen-bond donors (Lipinski definition) is 1. The molecule has 6 aromatic rings. The van der Waals surface area contributed by atoms with Crippen LogP contribution in [0, 0.1) is 0 Å². The lowest BCUT2D eigenvalue weighted by molar-refractivity contribution is 0.0697. The number of benzene rings is 3. The van der Waals surface area contributed by atoms with Crippen LogP contribution in [0.15, 0.2) is 95.7 Å². The minimum atomic E-state index is -0.917. The summed E-state index contributed by atoms with van der Waals surface area (Å²) >= 11 is 3.48. The molecule has 32 heavy (non-hydrogen) atoms. The monoisotopic (exact) mass is 451 g/mol. The van der Waals surface area contributed by atoms with Crippen LogP contribution in [0.4, 0.5) is 0 Å². The summed E-state index contributed by atoms with van der Waals surface area (Å²) in [6.45, 7) is 0. The lowest BCUT2D eigenvalue weighted by Gasteiger charge is -2.09. The van der Waals surface area contributed by atoms with Gasteiger partial charge >= 0.3 is 5.97 Å². The Labute approximate surface area is 192 Å². The molecule has 6 rings (SSSR count). The van der Waals surface area contributed by atoms with E-state index in [9.17, 15) is 9.90 Å². The normalized spacial score (nSPS) is 11.4. The van der Waals surface area contributed by atoms with Gasteiger partial charge in [-0.15, -0.1) is 22.7 Å². The van der Waals surface area contributed by atoms with Crippen LogP contribution in [0.2, 0.25) is 0 Å². The molecule has 0 aliphatic heterocycles. The highest BCUT2D eigenvalue weighted by molar-refractivity contribution is 7.13. The second kappa shape index (κ2) is 7.48. The molecule has 3 nitrogen and oxygen atoms in total. The Kier molecular flexibility index (Phi) is 4.45. The van der Waals surface area contributed by atoms with Crippen molar-refractivity contribution in [3.05, 3.63) is 101 Å². The summed E-state index contributed by atoms with van der Waals surface area (Å²) in [7, 11) is 0. The molecule has 0 radical (unpaired) electrons. The van der Waals surface area contributed by atoms with Gasteiger partial charge in [-0.25, -0.2) is 4.79 Å². The van der Waals surface area contributed by atoms with Gasteiger partial charge in [-0.05, 0) is 82.6 Å². The lowest BCUT2D eigenvalue weighted by Crippen LogP contribution is -1.98. The molecule has 5 heteroatoms. The van der Waals surface area contributed by atoms with Crippen molar-refractivity contribution in [3.8, 4) is 26.6 Å². The molecule has 1 N–H and O–H groups in total. The van der Waals surface area contributed by atoms with Gasteiger partial charge in [0, 0.05) is 26.2 Å². The van der Waals surface area contributed by atoms with E-state index in [0.29, 0.717) is 0 Å². The van der Waals surface area contributed by atoms with E-state index in [4.69, 9.17) is 0 Å². The van der Waals surface area contributed by atoms with Crippen molar-refractivity contribution in [3.63, 3.8) is 0 Å². The first-order valence-corrected chi connectivity index (χ1v) is 11.9. The van der Waals surface area contributed by atoms with Crippen LogP contribution in [0.25, 0.3) is 48.4 Å². The van der Waals surface area contributed by atoms with Gasteiger partial charge in [-0.2, -0.15) is 0 Å². The highest BCUT2D eigenvalue weighted by atomic mass is 32.1. The van der Waals surface area contributed by atoms with E-state index in [1.165, 1.54) is 31.7 Å². The van der Waals surface area contributed by atoms with Crippen LogP contribution in [-0.4, -0.2) is 15.6 Å². The Morgan fingerprint density at radius 3 is 1.66 bits per heavy atom. The zero-order chi connectivity index (χ0) is 21.7. The fourth-order valence-corrected chi connectivity index (χ4v) is 5.69. The summed E-state index contributed by atoms with van der Waals surface area (Å²) in [5.41, 5.74) is 5.85. The van der Waals surface area contributed by atoms with Crippen LogP contribution >= 0.6 is 22.7 Å². The third-order valence-electron chi connectivity index (χ3n) is 5.75. The molecule has 0 saturated heterocycles. The van der Waals surface area contributed by atoms with Crippen molar-refractivity contribution in [1.82, 2.24) is 4.57 Å². The topological polar surface area (TPSA) is 42.2 Å². The Bertz CT molecular complexity index is 1480. The number of hydrogen-bond acceptors (Lipinski definition) is 3. The molecule has 0 aliphatic carbocycles. The highest BCUT2D eigenvalue weighted by Gasteiger charge is 2.15. The largest absolute Gasteiger partial charge is 0.478 e. The molecule has 154 valence electrons. The number of carboxylic acids is 1. The molecule has 0 spiro atoms. The molecule has 0 saturated carbocycles. The summed E-state index contributed by atoms with van der Waals surface area (Å²) in [4.78, 5) is 13.8. The third kappa shape index (κ3) is 3.06. The summed E-state index contributed by atoms with van der Waals surface area (Å²) in [6, 6.07) is 28.7. The van der Waals surface area contributed by atoms with Gasteiger partial charge in [-0.1, -0.05) is 24.3 Å². The number of thiophene rings is 2. The Morgan fingerprint density at radius 1 is 0.688 bits per heavy atom. The number of aromatic carboxylic acids is 1. The minimum Gasteiger partial charge on any atom is -0.478 e. The van der Waals surface area contributed by atoms with Crippen LogP contribution in [0.1, 0.15) is 10.4 Å². The zero-order valence-corrected chi connectivity index (χ0v) is 18.5. The zero-order valence-electron chi connectivity index (χ0n) is 16.9. The van der Waals surface area contributed by atoms with Gasteiger partial charge in [0.05, 0.1) is 16.6 Å². The van der Waals surface area contributed by atoms with E-state index in [1.807, 2.05) is 12.1 Å². The van der Waals surface area contributed by atoms with Gasteiger partial charge in [0.15, 0.2) is 0 Å². The molecule has 0 unspecified atom stereocenters. The van der Waals surface area contributed by atoms with E-state index >= 15 is 0 Å². The van der Waals surface area contributed by atoms with Gasteiger partial charge in [0.1, 0.15) is 0 Å². The molecule has 3 aromatic heterocycles. The second-order valence-electron chi connectivity index (χ2n) is 7.61. The maximum absolute atomic E-state index is 11.3. The maximum Gasteiger partial charge on any atom is 0.335 e. The van der Waals surface area contributed by atoms with Crippen molar-refractivity contribution in [2.45, 2.75) is 0 Å². The number of carboxylic acid groups (broad SMARTS) is 1. The lowest BCUT2D eigenvalue weighted by atomic mass is 10.1. The van der Waals surface area contributed by atoms with Gasteiger partial charge in [0.2, 0.25) is 0 Å². The van der Waals surface area contributed by atoms with E-state index in [1.54, 1.807) is 34.8 Å². The van der Waals surface area contributed by atoms with Crippen molar-refractivity contribution < 1.29 is 9.90 Å². The van der Waals surface area contributed by atoms with Crippen LogP contribution in [0.3, 0.4) is 0 Å². The molecular weight excluding hydrogens is 434 g/mol. The molecule has 0 amide bonds. The first kappa shape index (κ1) is 19.0. The number of aromatic nitrogens is 1. The van der Waals surface area contributed by atoms with E-state index in [0.717, 1.165) is 16.7 Å². The molecule has 0 aliphatic rings. The average Bonchev–Trinajstić information content (AvgIpc) is 3.59. The summed E-state index contributed by atoms with van der Waals surface area (Å²) < 4.78 is 2.21. The number of carbonyl (C=O) groups is 1. The molecule has 3 heterocycles. The van der Waals surface area contributed by atoms with Crippen LogP contribution in [0.5, 0.6) is 0 Å². The van der Waals surface area contributed by atoms with Crippen molar-refractivity contribution in [1.29, 1.82) is 0 Å². The second-order valence-corrected chi connectivity index (χ2v) is 9.50. The first-order valence-electron chi connectivity index (χ1n) is 10.2. The van der Waals surface area contributed by atoms with E-state index < -0.39 is 5.97 Å². The van der Waals surface area contributed by atoms with Crippen molar-refractivity contribution in [2.24, 2.45) is 0 Å². The van der Waals surface area contributed by atoms with Gasteiger partial charge in [0.25, 0.3) is 0 Å². The van der Waals surface area contributed by atoms with Crippen LogP contribution in [-0.2, 0) is 0 Å². The maximum atomic E-state index is 11.3. The van der Waals surface area contributed by atoms with Gasteiger partial charge in [-0.3, -0.25) is 0 Å². The van der Waals surface area contributed by atoms with E-state index in [-0.39, 0.29) is 5.56 Å². The predicted molar refractivity (Wildman–Crippen MR) is 134 cm³/mol. The van der Waals surface area contributed by atoms with Crippen LogP contribution < -0.4 is 0 Å². The standard InChI is InChI=1S/C27H17NO2S2/c29-27(30)17-5-9-20(10-6-17)28-23-11-7-18(25-3-1-13-31-25)15-21(23)22-16-19(8-12-24(22)28)26-4-2-14-32-26/h1-16H,(H,29,30). The number of fused-ring (bicyclic) bond motifs is 3. The highest BCUT2D eigenvalue weighted by Crippen LogP contribution is 2.38. The fraction of sp³-hybridized carbons (Fsp3) is 0. The van der Waals surface area contributed by atoms with Gasteiger partial charge < -0.3 is 9.67 Å². The average molecular weight is 452 g/mol. The Morgan fingerprint density at radius 2 is 1.22 bits per heavy atom. The minimum absolute atomic E-state index is 0.287. The SMILES string of the molecule is O=C(O)c1ccc(-n2c3ccc(-c4cccs4)cc3c3cc(-c4cccs4)ccc32)cc1. The molecule has 3 aromatic carbocycles. The summed E-state index contributed by atoms with van der Waals surface area (Å²) in [6.07, 6.45) is 0. The fourth-order valence-electron chi connectivity index (χ4n) is 4.25. The van der Waals surface area contributed by atoms with Crippen molar-refractivity contribution >= 4 is 50.4 Å². The molecular formula is C27H17NO2S2. The number of nitrogens with zero attached hydrogens (tertiary/aromatic N) is 1. The van der Waals surface area contributed by atoms with Crippen molar-refractivity contribution in [2.75, 3.05) is 0 Å². The predicted octanol–water partition coefficient (Wildman–Crippen LogP) is 7.94. The number of rotatable bonds is 4. The Balaban J connectivity index is 1.64. The molecule has 0 fully saturated rings. The summed E-state index contributed by atoms with van der Waals surface area (Å²) in [5, 5.41) is 15.9. The Hall–Kier alpha value is -3.67. The first-order chi connectivity index (χ1) is 15.7. The summed E-state index contributed by atoms with van der Waals surface area (Å²) in [5.74, 6) is -0.917.